The molecule has 1 aromatic carbocycles. The Labute approximate surface area is 163 Å². The number of oxazole rings is 1. The molecule has 0 bridgehead atoms. The lowest BCUT2D eigenvalue weighted by molar-refractivity contribution is -0.129. The first kappa shape index (κ1) is 18.5. The first-order chi connectivity index (χ1) is 13.8. The number of guanidine groups is 1. The minimum absolute atomic E-state index is 0.0697. The van der Waals surface area contributed by atoms with Crippen LogP contribution in [0.5, 0.6) is 5.75 Å². The number of amides is 1. The predicted octanol–water partition coefficient (Wildman–Crippen LogP) is 2.41. The van der Waals surface area contributed by atoms with E-state index in [9.17, 15) is 18.7 Å². The summed E-state index contributed by atoms with van der Waals surface area (Å²) >= 11 is 0. The van der Waals surface area contributed by atoms with Crippen LogP contribution < -0.4 is 5.73 Å². The molecule has 1 aliphatic heterocycles. The topological polar surface area (TPSA) is 118 Å². The summed E-state index contributed by atoms with van der Waals surface area (Å²) < 4.78 is 31.7. The summed E-state index contributed by atoms with van der Waals surface area (Å²) in [6.45, 7) is 0. The Kier molecular flexibility index (Phi) is 4.26. The van der Waals surface area contributed by atoms with Crippen LogP contribution in [0.4, 0.5) is 8.78 Å². The van der Waals surface area contributed by atoms with Crippen LogP contribution in [-0.2, 0) is 10.3 Å². The average Bonchev–Trinajstić information content (AvgIpc) is 3.32. The number of hydrogen-bond acceptors (Lipinski definition) is 7. The van der Waals surface area contributed by atoms with E-state index in [0.29, 0.717) is 5.56 Å². The molecular formula is C19H15F2N5O3. The molecule has 0 saturated carbocycles. The number of hydrogen-bond donors (Lipinski definition) is 2. The van der Waals surface area contributed by atoms with Crippen molar-refractivity contribution in [2.45, 2.75) is 12.0 Å². The lowest BCUT2D eigenvalue weighted by Crippen LogP contribution is -2.41. The van der Waals surface area contributed by atoms with Crippen LogP contribution in [0.15, 0.2) is 58.5 Å². The van der Waals surface area contributed by atoms with Gasteiger partial charge in [0.1, 0.15) is 11.4 Å². The number of nitrogens with two attached hydrogens (primary N) is 1. The fraction of sp³-hybridized carbons (Fsp3) is 0.158. The number of aromatic nitrogens is 2. The minimum atomic E-state index is -2.83. The summed E-state index contributed by atoms with van der Waals surface area (Å²) in [5.74, 6) is -0.451. The van der Waals surface area contributed by atoms with Crippen LogP contribution >= 0.6 is 0 Å². The van der Waals surface area contributed by atoms with Gasteiger partial charge in [-0.15, -0.1) is 0 Å². The van der Waals surface area contributed by atoms with E-state index in [2.05, 4.69) is 15.0 Å². The molecule has 1 atom stereocenters. The molecule has 0 saturated heterocycles. The fourth-order valence-electron chi connectivity index (χ4n) is 3.28. The van der Waals surface area contributed by atoms with E-state index in [1.54, 1.807) is 0 Å². The van der Waals surface area contributed by atoms with Crippen molar-refractivity contribution in [1.29, 1.82) is 0 Å². The van der Waals surface area contributed by atoms with Gasteiger partial charge < -0.3 is 15.3 Å². The molecule has 1 aliphatic rings. The normalized spacial score (nSPS) is 19.1. The van der Waals surface area contributed by atoms with Crippen molar-refractivity contribution in [3.05, 3.63) is 65.9 Å². The van der Waals surface area contributed by atoms with Gasteiger partial charge in [0.15, 0.2) is 23.7 Å². The number of carbonyl (C=O) groups excluding carboxylic acids is 1. The molecule has 3 N–H and O–H groups in total. The molecule has 3 aromatic rings. The van der Waals surface area contributed by atoms with Crippen molar-refractivity contribution in [2.75, 3.05) is 7.05 Å². The van der Waals surface area contributed by atoms with Crippen molar-refractivity contribution in [3.8, 4) is 17.1 Å². The van der Waals surface area contributed by atoms with Crippen molar-refractivity contribution in [1.82, 2.24) is 14.9 Å². The van der Waals surface area contributed by atoms with Crippen molar-refractivity contribution in [3.63, 3.8) is 0 Å². The number of halogens is 2. The number of likely N-dealkylation sites (N-methyl/N-ethyl adjacent to an activating group) is 1. The molecule has 3 heterocycles. The fourth-order valence-corrected chi connectivity index (χ4v) is 3.28. The molecule has 29 heavy (non-hydrogen) atoms. The predicted molar refractivity (Wildman–Crippen MR) is 98.0 cm³/mol. The monoisotopic (exact) mass is 399 g/mol. The molecule has 1 unspecified atom stereocenters. The van der Waals surface area contributed by atoms with Crippen molar-refractivity contribution in [2.24, 2.45) is 10.7 Å². The highest BCUT2D eigenvalue weighted by Crippen LogP contribution is 2.42. The molecule has 10 heteroatoms. The maximum atomic E-state index is 13.2. The molecule has 0 aliphatic carbocycles. The quantitative estimate of drug-likeness (QED) is 0.696. The number of aromatic hydroxyl groups is 1. The zero-order valence-electron chi connectivity index (χ0n) is 15.1. The summed E-state index contributed by atoms with van der Waals surface area (Å²) in [5.41, 5.74) is 4.43. The Bertz CT molecular complexity index is 1120. The Morgan fingerprint density at radius 2 is 2.00 bits per heavy atom. The third kappa shape index (κ3) is 2.80. The molecule has 2 aromatic heterocycles. The van der Waals surface area contributed by atoms with Gasteiger partial charge in [0.05, 0.1) is 11.8 Å². The lowest BCUT2D eigenvalue weighted by Gasteiger charge is -2.26. The van der Waals surface area contributed by atoms with Gasteiger partial charge in [-0.1, -0.05) is 6.07 Å². The first-order valence-electron chi connectivity index (χ1n) is 8.45. The maximum Gasteiger partial charge on any atom is 0.280 e. The molecule has 148 valence electrons. The van der Waals surface area contributed by atoms with Gasteiger partial charge in [0.2, 0.25) is 0 Å². The van der Waals surface area contributed by atoms with Crippen LogP contribution in [0.1, 0.15) is 23.2 Å². The van der Waals surface area contributed by atoms with Crippen LogP contribution in [0, 0.1) is 0 Å². The standard InChI is InChI=1S/C19H15F2N5O3/c1-26-17(28)19(25-18(26)22,11-4-5-24-13(7-11)16(20)21)10-2-3-14(27)12(6-10)15-8-23-9-29-15/h2-9,16,27H,1H3,(H2,22,25). The van der Waals surface area contributed by atoms with E-state index in [-0.39, 0.29) is 28.6 Å². The SMILES string of the molecule is CN1C(=O)C(c2ccnc(C(F)F)c2)(c2ccc(O)c(-c3cnco3)c2)N=C1N. The Morgan fingerprint density at radius 1 is 1.24 bits per heavy atom. The van der Waals surface area contributed by atoms with Gasteiger partial charge in [0, 0.05) is 13.2 Å². The lowest BCUT2D eigenvalue weighted by atomic mass is 9.82. The number of benzene rings is 1. The number of phenols is 1. The zero-order valence-corrected chi connectivity index (χ0v) is 15.1. The van der Waals surface area contributed by atoms with Gasteiger partial charge in [0.25, 0.3) is 12.3 Å². The Hall–Kier alpha value is -3.82. The highest BCUT2D eigenvalue weighted by atomic mass is 19.3. The number of carbonyl (C=O) groups is 1. The van der Waals surface area contributed by atoms with E-state index in [1.807, 2.05) is 0 Å². The number of rotatable bonds is 4. The van der Waals surface area contributed by atoms with Gasteiger partial charge in [-0.2, -0.15) is 0 Å². The molecule has 1 amide bonds. The van der Waals surface area contributed by atoms with Crippen LogP contribution in [0.25, 0.3) is 11.3 Å². The second-order valence-electron chi connectivity index (χ2n) is 6.41. The van der Waals surface area contributed by atoms with Gasteiger partial charge in [-0.3, -0.25) is 14.7 Å². The second kappa shape index (κ2) is 6.66. The summed E-state index contributed by atoms with van der Waals surface area (Å²) in [4.78, 5) is 26.2. The maximum absolute atomic E-state index is 13.2. The van der Waals surface area contributed by atoms with Crippen LogP contribution in [-0.4, -0.2) is 38.9 Å². The number of alkyl halides is 2. The van der Waals surface area contributed by atoms with Gasteiger partial charge in [-0.05, 0) is 35.4 Å². The summed E-state index contributed by atoms with van der Waals surface area (Å²) in [7, 11) is 1.44. The third-order valence-corrected chi connectivity index (χ3v) is 4.77. The highest BCUT2D eigenvalue weighted by Gasteiger charge is 2.50. The van der Waals surface area contributed by atoms with Crippen molar-refractivity contribution < 1.29 is 23.1 Å². The highest BCUT2D eigenvalue weighted by molar-refractivity contribution is 6.09. The number of pyridine rings is 1. The molecule has 8 nitrogen and oxygen atoms in total. The van der Waals surface area contributed by atoms with E-state index in [1.165, 1.54) is 50.1 Å². The zero-order chi connectivity index (χ0) is 20.8. The molecular weight excluding hydrogens is 384 g/mol. The second-order valence-corrected chi connectivity index (χ2v) is 6.41. The average molecular weight is 399 g/mol. The van der Waals surface area contributed by atoms with Crippen molar-refractivity contribution >= 4 is 11.9 Å². The largest absolute Gasteiger partial charge is 0.507 e. The van der Waals surface area contributed by atoms with Gasteiger partial charge in [-0.25, -0.2) is 18.8 Å². The van der Waals surface area contributed by atoms with Gasteiger partial charge >= 0.3 is 0 Å². The number of nitrogens with zero attached hydrogens (tertiary/aromatic N) is 4. The summed E-state index contributed by atoms with van der Waals surface area (Å²) in [5, 5.41) is 10.2. The van der Waals surface area contributed by atoms with Crippen LogP contribution in [0.2, 0.25) is 0 Å². The smallest absolute Gasteiger partial charge is 0.280 e. The molecule has 0 radical (unpaired) electrons. The van der Waals surface area contributed by atoms with E-state index in [4.69, 9.17) is 10.2 Å². The molecule has 4 rings (SSSR count). The molecule has 0 spiro atoms. The number of aliphatic imine (C=N–C) groups is 1. The Balaban J connectivity index is 1.98. The third-order valence-electron chi connectivity index (χ3n) is 4.77. The van der Waals surface area contributed by atoms with E-state index >= 15 is 0 Å². The summed E-state index contributed by atoms with van der Waals surface area (Å²) in [6, 6.07) is 6.89. The van der Waals surface area contributed by atoms with E-state index in [0.717, 1.165) is 11.0 Å². The summed E-state index contributed by atoms with van der Waals surface area (Å²) in [6.07, 6.45) is 0.951. The minimum Gasteiger partial charge on any atom is -0.507 e. The first-order valence-corrected chi connectivity index (χ1v) is 8.45. The van der Waals surface area contributed by atoms with E-state index < -0.39 is 23.6 Å². The van der Waals surface area contributed by atoms with Crippen LogP contribution in [0.3, 0.4) is 0 Å². The molecule has 0 fully saturated rings. The number of phenolic OH excluding ortho intramolecular Hbond substituents is 1. The Morgan fingerprint density at radius 3 is 2.62 bits per heavy atom.